The maximum Gasteiger partial charge on any atom is 0.343 e. The number of aromatic hydroxyl groups is 7. The summed E-state index contributed by atoms with van der Waals surface area (Å²) >= 11 is 0. The molecule has 4 aromatic rings. The number of hydrogen-bond acceptors (Lipinski definition) is 11. The van der Waals surface area contributed by atoms with E-state index in [0.717, 1.165) is 24.3 Å². The Kier molecular flexibility index (Phi) is 7.16. The third-order valence-electron chi connectivity index (χ3n) is 5.30. The predicted molar refractivity (Wildman–Crippen MR) is 136 cm³/mol. The van der Waals surface area contributed by atoms with Gasteiger partial charge in [0, 0.05) is 6.07 Å². The molecule has 39 heavy (non-hydrogen) atoms. The number of ether oxygens (including phenoxy) is 2. The molecule has 0 bridgehead atoms. The van der Waals surface area contributed by atoms with Gasteiger partial charge in [-0.15, -0.1) is 0 Å². The standard InChI is InChI=1S/C28H20O11/c29-18-5-3-14(4-6-18)1-2-15-7-19(38-27(36)16-9-21(30)25(34)22(31)10-16)13-20(8-15)39-28(37)17-11-23(32)26(35)24(33)12-17/h1-13,29-35H/b2-1+. The van der Waals surface area contributed by atoms with Crippen molar-refractivity contribution in [3.63, 3.8) is 0 Å². The van der Waals surface area contributed by atoms with Gasteiger partial charge in [-0.05, 0) is 59.7 Å². The van der Waals surface area contributed by atoms with Gasteiger partial charge < -0.3 is 45.2 Å². The molecule has 11 heteroatoms. The molecule has 0 fully saturated rings. The molecule has 11 nitrogen and oxygen atoms in total. The first-order chi connectivity index (χ1) is 18.5. The summed E-state index contributed by atoms with van der Waals surface area (Å²) in [6.45, 7) is 0. The lowest BCUT2D eigenvalue weighted by atomic mass is 10.1. The van der Waals surface area contributed by atoms with E-state index < -0.39 is 46.4 Å². The van der Waals surface area contributed by atoms with Gasteiger partial charge in [-0.25, -0.2) is 9.59 Å². The van der Waals surface area contributed by atoms with Gasteiger partial charge in [0.2, 0.25) is 0 Å². The summed E-state index contributed by atoms with van der Waals surface area (Å²) in [6.07, 6.45) is 3.26. The summed E-state index contributed by atoms with van der Waals surface area (Å²) in [5.74, 6) is -6.81. The zero-order valence-corrected chi connectivity index (χ0v) is 19.8. The number of benzene rings is 4. The largest absolute Gasteiger partial charge is 0.508 e. The minimum absolute atomic E-state index is 0.0767. The number of esters is 2. The zero-order chi connectivity index (χ0) is 28.3. The number of carbonyl (C=O) groups is 2. The van der Waals surface area contributed by atoms with E-state index in [4.69, 9.17) is 9.47 Å². The topological polar surface area (TPSA) is 194 Å². The van der Waals surface area contributed by atoms with Gasteiger partial charge in [-0.2, -0.15) is 0 Å². The van der Waals surface area contributed by atoms with Crippen molar-refractivity contribution in [2.45, 2.75) is 0 Å². The molecule has 0 radical (unpaired) electrons. The molecule has 4 aromatic carbocycles. The Bertz CT molecular complexity index is 1470. The Hall–Kier alpha value is -5.84. The highest BCUT2D eigenvalue weighted by molar-refractivity contribution is 5.94. The first kappa shape index (κ1) is 26.2. The fourth-order valence-electron chi connectivity index (χ4n) is 3.36. The molecule has 0 saturated carbocycles. The second-order valence-corrected chi connectivity index (χ2v) is 8.17. The molecule has 4 rings (SSSR count). The molecule has 0 unspecified atom stereocenters. The van der Waals surface area contributed by atoms with Crippen molar-refractivity contribution in [1.29, 1.82) is 0 Å². The van der Waals surface area contributed by atoms with Gasteiger partial charge in [-0.1, -0.05) is 24.3 Å². The van der Waals surface area contributed by atoms with Crippen molar-refractivity contribution in [2.24, 2.45) is 0 Å². The van der Waals surface area contributed by atoms with Crippen LogP contribution in [0.1, 0.15) is 31.8 Å². The number of hydrogen-bond donors (Lipinski definition) is 7. The molecular formula is C28H20O11. The van der Waals surface area contributed by atoms with Crippen molar-refractivity contribution in [3.05, 3.63) is 89.0 Å². The van der Waals surface area contributed by atoms with E-state index in [0.29, 0.717) is 11.1 Å². The van der Waals surface area contributed by atoms with Crippen LogP contribution in [0.25, 0.3) is 12.2 Å². The van der Waals surface area contributed by atoms with Crippen LogP contribution in [-0.2, 0) is 0 Å². The second kappa shape index (κ2) is 10.6. The normalized spacial score (nSPS) is 10.9. The number of phenols is 7. The van der Waals surface area contributed by atoms with Crippen LogP contribution >= 0.6 is 0 Å². The third-order valence-corrected chi connectivity index (χ3v) is 5.30. The molecule has 0 heterocycles. The highest BCUT2D eigenvalue weighted by Gasteiger charge is 2.18. The molecule has 0 amide bonds. The minimum atomic E-state index is -1.02. The third kappa shape index (κ3) is 6.12. The maximum atomic E-state index is 12.7. The van der Waals surface area contributed by atoms with Crippen LogP contribution in [0.5, 0.6) is 51.7 Å². The van der Waals surface area contributed by atoms with Gasteiger partial charge in [0.15, 0.2) is 34.5 Å². The van der Waals surface area contributed by atoms with E-state index in [1.807, 2.05) is 0 Å². The number of carbonyl (C=O) groups excluding carboxylic acids is 2. The van der Waals surface area contributed by atoms with E-state index in [-0.39, 0.29) is 28.4 Å². The lowest BCUT2D eigenvalue weighted by Gasteiger charge is -2.11. The van der Waals surface area contributed by atoms with Crippen molar-refractivity contribution in [2.75, 3.05) is 0 Å². The molecular weight excluding hydrogens is 512 g/mol. The van der Waals surface area contributed by atoms with E-state index in [1.54, 1.807) is 24.3 Å². The summed E-state index contributed by atoms with van der Waals surface area (Å²) in [5.41, 5.74) is 0.519. The summed E-state index contributed by atoms with van der Waals surface area (Å²) in [7, 11) is 0. The average molecular weight is 532 g/mol. The molecule has 198 valence electrons. The SMILES string of the molecule is O=C(Oc1cc(/C=C/c2ccc(O)cc2)cc(OC(=O)c2cc(O)c(O)c(O)c2)c1)c1cc(O)c(O)c(O)c1. The van der Waals surface area contributed by atoms with Crippen molar-refractivity contribution >= 4 is 24.1 Å². The first-order valence-electron chi connectivity index (χ1n) is 11.1. The Morgan fingerprint density at radius 1 is 0.513 bits per heavy atom. The van der Waals surface area contributed by atoms with Gasteiger partial charge in [0.25, 0.3) is 0 Å². The first-order valence-corrected chi connectivity index (χ1v) is 11.1. The maximum absolute atomic E-state index is 12.7. The van der Waals surface area contributed by atoms with Crippen LogP contribution < -0.4 is 9.47 Å². The van der Waals surface area contributed by atoms with Crippen molar-refractivity contribution in [3.8, 4) is 51.7 Å². The van der Waals surface area contributed by atoms with Crippen LogP contribution in [0, 0.1) is 0 Å². The summed E-state index contributed by atoms with van der Waals surface area (Å²) in [5, 5.41) is 67.2. The summed E-state index contributed by atoms with van der Waals surface area (Å²) in [6, 6.07) is 13.8. The predicted octanol–water partition coefficient (Wildman–Crippen LogP) is 4.23. The van der Waals surface area contributed by atoms with Gasteiger partial charge in [-0.3, -0.25) is 0 Å². The highest BCUT2D eigenvalue weighted by Crippen LogP contribution is 2.37. The monoisotopic (exact) mass is 532 g/mol. The van der Waals surface area contributed by atoms with Gasteiger partial charge in [0.05, 0.1) is 11.1 Å². The fourth-order valence-corrected chi connectivity index (χ4v) is 3.36. The van der Waals surface area contributed by atoms with Crippen LogP contribution in [0.4, 0.5) is 0 Å². The molecule has 0 aliphatic heterocycles. The summed E-state index contributed by atoms with van der Waals surface area (Å²) in [4.78, 5) is 25.3. The molecule has 0 spiro atoms. The highest BCUT2D eigenvalue weighted by atomic mass is 16.5. The molecule has 0 aliphatic carbocycles. The lowest BCUT2D eigenvalue weighted by Crippen LogP contribution is -2.10. The Morgan fingerprint density at radius 2 is 0.897 bits per heavy atom. The number of phenolic OH excluding ortho intramolecular Hbond substituents is 7. The molecule has 0 atom stereocenters. The molecule has 7 N–H and O–H groups in total. The van der Waals surface area contributed by atoms with E-state index in [1.165, 1.54) is 30.3 Å². The van der Waals surface area contributed by atoms with Crippen LogP contribution in [-0.4, -0.2) is 47.7 Å². The van der Waals surface area contributed by atoms with Crippen molar-refractivity contribution in [1.82, 2.24) is 0 Å². The average Bonchev–Trinajstić information content (AvgIpc) is 2.89. The van der Waals surface area contributed by atoms with Gasteiger partial charge >= 0.3 is 11.9 Å². The molecule has 0 saturated heterocycles. The van der Waals surface area contributed by atoms with E-state index in [2.05, 4.69) is 0 Å². The van der Waals surface area contributed by atoms with Crippen LogP contribution in [0.2, 0.25) is 0 Å². The minimum Gasteiger partial charge on any atom is -0.508 e. The van der Waals surface area contributed by atoms with Gasteiger partial charge in [0.1, 0.15) is 17.2 Å². The Morgan fingerprint density at radius 3 is 1.31 bits per heavy atom. The number of rotatable bonds is 6. The second-order valence-electron chi connectivity index (χ2n) is 8.17. The molecule has 0 aliphatic rings. The fraction of sp³-hybridized carbons (Fsp3) is 0. The van der Waals surface area contributed by atoms with Crippen LogP contribution in [0.15, 0.2) is 66.7 Å². The van der Waals surface area contributed by atoms with Crippen LogP contribution in [0.3, 0.4) is 0 Å². The Balaban J connectivity index is 1.67. The zero-order valence-electron chi connectivity index (χ0n) is 19.8. The lowest BCUT2D eigenvalue weighted by molar-refractivity contribution is 0.0731. The van der Waals surface area contributed by atoms with E-state index >= 15 is 0 Å². The Labute approximate surface area is 219 Å². The van der Waals surface area contributed by atoms with Crippen molar-refractivity contribution < 1.29 is 54.8 Å². The van der Waals surface area contributed by atoms with E-state index in [9.17, 15) is 45.3 Å². The summed E-state index contributed by atoms with van der Waals surface area (Å²) < 4.78 is 10.7. The molecule has 0 aromatic heterocycles. The smallest absolute Gasteiger partial charge is 0.343 e. The quantitative estimate of drug-likeness (QED) is 0.0812.